The van der Waals surface area contributed by atoms with Gasteiger partial charge in [0.25, 0.3) is 0 Å². The van der Waals surface area contributed by atoms with E-state index in [2.05, 4.69) is 15.2 Å². The summed E-state index contributed by atoms with van der Waals surface area (Å²) in [6.45, 7) is 3.01. The first-order valence-corrected chi connectivity index (χ1v) is 13.3. The lowest BCUT2D eigenvalue weighted by molar-refractivity contribution is -0.230. The molecule has 6 atom stereocenters. The highest BCUT2D eigenvalue weighted by molar-refractivity contribution is 6.30. The Hall–Kier alpha value is -3.29. The molecule has 0 spiro atoms. The summed E-state index contributed by atoms with van der Waals surface area (Å²) in [5.41, 5.74) is 0.399. The predicted octanol–water partition coefficient (Wildman–Crippen LogP) is 4.47. The number of aryl methyl sites for hydroxylation is 1. The minimum absolute atomic E-state index is 0.0545. The van der Waals surface area contributed by atoms with Gasteiger partial charge in [0.15, 0.2) is 5.82 Å². The molecule has 2 N–H and O–H groups in total. The Balaban J connectivity index is 1.58. The fourth-order valence-electron chi connectivity index (χ4n) is 5.23. The molecule has 5 rings (SSSR count). The van der Waals surface area contributed by atoms with Crippen molar-refractivity contribution >= 4 is 11.6 Å². The zero-order valence-corrected chi connectivity index (χ0v) is 23.2. The van der Waals surface area contributed by atoms with Gasteiger partial charge in [-0.25, -0.2) is 9.67 Å². The van der Waals surface area contributed by atoms with Crippen LogP contribution >= 0.6 is 11.6 Å². The Morgan fingerprint density at radius 2 is 1.85 bits per heavy atom. The van der Waals surface area contributed by atoms with Gasteiger partial charge >= 0.3 is 6.18 Å². The van der Waals surface area contributed by atoms with Crippen LogP contribution in [0, 0.1) is 6.92 Å². The summed E-state index contributed by atoms with van der Waals surface area (Å²) in [6, 6.07) is 13.8. The van der Waals surface area contributed by atoms with Gasteiger partial charge in [-0.05, 0) is 43.7 Å². The van der Waals surface area contributed by atoms with Gasteiger partial charge in [-0.2, -0.15) is 23.4 Å². The number of ether oxygens (including phenoxy) is 2. The topological polar surface area (TPSA) is 107 Å². The number of alkyl halides is 3. The van der Waals surface area contributed by atoms with E-state index >= 15 is 0 Å². The van der Waals surface area contributed by atoms with Gasteiger partial charge in [0.2, 0.25) is 0 Å². The average molecular weight is 592 g/mol. The highest BCUT2D eigenvalue weighted by Gasteiger charge is 2.51. The number of benzene rings is 2. The molecule has 1 aliphatic rings. The molecule has 0 aliphatic carbocycles. The molecule has 1 saturated heterocycles. The molecular formula is C28H29ClF3N5O4. The number of methoxy groups -OCH3 is 1. The number of halogens is 4. The van der Waals surface area contributed by atoms with Gasteiger partial charge < -0.3 is 19.7 Å². The zero-order valence-electron chi connectivity index (χ0n) is 22.4. The summed E-state index contributed by atoms with van der Waals surface area (Å²) < 4.78 is 56.3. The molecular weight excluding hydrogens is 563 g/mol. The average Bonchev–Trinajstić information content (AvgIpc) is 3.54. The van der Waals surface area contributed by atoms with Crippen LogP contribution in [-0.2, 0) is 22.1 Å². The van der Waals surface area contributed by atoms with E-state index in [1.54, 1.807) is 6.20 Å². The summed E-state index contributed by atoms with van der Waals surface area (Å²) in [7, 11) is 1.42. The molecule has 0 saturated carbocycles. The van der Waals surface area contributed by atoms with Crippen molar-refractivity contribution in [3.8, 4) is 5.69 Å². The van der Waals surface area contributed by atoms with Crippen LogP contribution < -0.4 is 0 Å². The van der Waals surface area contributed by atoms with Gasteiger partial charge in [0.05, 0.1) is 23.0 Å². The SMILES string of the molecule is CO[C@H]1C(C(C)O)O[C@@H](c2nc(C)nn2-c2cc(Cl)ccc2C(F)(F)F)C(O)C1n1ccc(Cc2ccccc2)n1. The van der Waals surface area contributed by atoms with Crippen LogP contribution in [0.15, 0.2) is 60.8 Å². The molecule has 3 heterocycles. The van der Waals surface area contributed by atoms with E-state index in [9.17, 15) is 23.4 Å². The molecule has 2 aromatic carbocycles. The maximum Gasteiger partial charge on any atom is 0.418 e. The minimum atomic E-state index is -4.72. The second kappa shape index (κ2) is 11.5. The van der Waals surface area contributed by atoms with Crippen molar-refractivity contribution in [2.24, 2.45) is 0 Å². The number of nitrogens with zero attached hydrogens (tertiary/aromatic N) is 5. The number of aromatic nitrogens is 5. The number of hydrogen-bond donors (Lipinski definition) is 2. The van der Waals surface area contributed by atoms with Gasteiger partial charge in [0.1, 0.15) is 36.3 Å². The van der Waals surface area contributed by atoms with Crippen LogP contribution in [0.1, 0.15) is 47.5 Å². The van der Waals surface area contributed by atoms with Crippen molar-refractivity contribution in [1.82, 2.24) is 24.5 Å². The predicted molar refractivity (Wildman–Crippen MR) is 143 cm³/mol. The molecule has 0 amide bonds. The van der Waals surface area contributed by atoms with Crippen molar-refractivity contribution < 1.29 is 32.9 Å². The van der Waals surface area contributed by atoms with Crippen LogP contribution in [0.2, 0.25) is 5.02 Å². The smallest absolute Gasteiger partial charge is 0.391 e. The molecule has 41 heavy (non-hydrogen) atoms. The van der Waals surface area contributed by atoms with E-state index in [0.717, 1.165) is 34.1 Å². The lowest BCUT2D eigenvalue weighted by atomic mass is 9.89. The second-order valence-electron chi connectivity index (χ2n) is 9.98. The normalized spacial score (nSPS) is 24.0. The molecule has 2 aromatic heterocycles. The Kier molecular flexibility index (Phi) is 8.22. The van der Waals surface area contributed by atoms with E-state index in [1.807, 2.05) is 36.4 Å². The number of aliphatic hydroxyl groups is 2. The lowest BCUT2D eigenvalue weighted by Gasteiger charge is -2.45. The fourth-order valence-corrected chi connectivity index (χ4v) is 5.40. The van der Waals surface area contributed by atoms with Crippen LogP contribution in [0.25, 0.3) is 5.69 Å². The van der Waals surface area contributed by atoms with Crippen molar-refractivity contribution in [2.45, 2.75) is 63.0 Å². The molecule has 13 heteroatoms. The van der Waals surface area contributed by atoms with E-state index in [4.69, 9.17) is 21.1 Å². The number of hydrogen-bond acceptors (Lipinski definition) is 7. The van der Waals surface area contributed by atoms with Crippen molar-refractivity contribution in [3.05, 3.63) is 94.3 Å². The van der Waals surface area contributed by atoms with Crippen LogP contribution in [-0.4, -0.2) is 66.3 Å². The standard InChI is InChI=1S/C28H29ClF3N5O4/c1-15(38)24-25(40-3)22(36-12-11-19(35-36)13-17-7-5-4-6-8-17)23(39)26(41-24)27-33-16(2)34-37(27)21-14-18(29)9-10-20(21)28(30,31)32/h4-12,14-15,22-26,38-39H,13H2,1-3H3/t15?,22?,23?,24?,25-,26-/m1/s1. The molecule has 0 bridgehead atoms. The van der Waals surface area contributed by atoms with E-state index < -0.39 is 48.3 Å². The maximum absolute atomic E-state index is 14.0. The third-order valence-electron chi connectivity index (χ3n) is 7.05. The lowest BCUT2D eigenvalue weighted by Crippen LogP contribution is -2.56. The summed E-state index contributed by atoms with van der Waals surface area (Å²) in [4.78, 5) is 4.35. The zero-order chi connectivity index (χ0) is 29.5. The van der Waals surface area contributed by atoms with Crippen molar-refractivity contribution in [3.63, 3.8) is 0 Å². The largest absolute Gasteiger partial charge is 0.418 e. The number of aliphatic hydroxyl groups excluding tert-OH is 2. The highest BCUT2D eigenvalue weighted by atomic mass is 35.5. The Labute approximate surface area is 239 Å². The minimum Gasteiger partial charge on any atom is -0.391 e. The first kappa shape index (κ1) is 29.2. The quantitative estimate of drug-likeness (QED) is 0.326. The first-order valence-electron chi connectivity index (χ1n) is 12.9. The van der Waals surface area contributed by atoms with Crippen LogP contribution in [0.4, 0.5) is 13.2 Å². The summed E-state index contributed by atoms with van der Waals surface area (Å²) >= 11 is 6.09. The molecule has 4 aromatic rings. The third-order valence-corrected chi connectivity index (χ3v) is 7.29. The molecule has 1 fully saturated rings. The Morgan fingerprint density at radius 1 is 1.12 bits per heavy atom. The summed E-state index contributed by atoms with van der Waals surface area (Å²) in [6.07, 6.45) is -8.15. The van der Waals surface area contributed by atoms with Gasteiger partial charge in [-0.1, -0.05) is 41.9 Å². The highest BCUT2D eigenvalue weighted by Crippen LogP contribution is 2.42. The molecule has 1 aliphatic heterocycles. The van der Waals surface area contributed by atoms with E-state index in [-0.39, 0.29) is 22.4 Å². The summed E-state index contributed by atoms with van der Waals surface area (Å²) in [5.74, 6) is 0.0526. The van der Waals surface area contributed by atoms with Crippen LogP contribution in [0.3, 0.4) is 0 Å². The monoisotopic (exact) mass is 591 g/mol. The van der Waals surface area contributed by atoms with E-state index in [1.165, 1.54) is 25.6 Å². The third kappa shape index (κ3) is 5.88. The molecule has 218 valence electrons. The van der Waals surface area contributed by atoms with E-state index in [0.29, 0.717) is 6.42 Å². The van der Waals surface area contributed by atoms with Crippen molar-refractivity contribution in [2.75, 3.05) is 7.11 Å². The van der Waals surface area contributed by atoms with Crippen LogP contribution in [0.5, 0.6) is 0 Å². The maximum atomic E-state index is 14.0. The van der Waals surface area contributed by atoms with Gasteiger partial charge in [-0.3, -0.25) is 4.68 Å². The Morgan fingerprint density at radius 3 is 2.51 bits per heavy atom. The molecule has 9 nitrogen and oxygen atoms in total. The van der Waals surface area contributed by atoms with Gasteiger partial charge in [-0.15, -0.1) is 0 Å². The second-order valence-corrected chi connectivity index (χ2v) is 10.4. The number of rotatable bonds is 7. The van der Waals surface area contributed by atoms with Crippen molar-refractivity contribution in [1.29, 1.82) is 0 Å². The van der Waals surface area contributed by atoms with Gasteiger partial charge in [0, 0.05) is 24.8 Å². The fraction of sp³-hybridized carbons (Fsp3) is 0.393. The molecule has 0 radical (unpaired) electrons. The first-order chi connectivity index (χ1) is 19.5. The summed E-state index contributed by atoms with van der Waals surface area (Å²) in [5, 5.41) is 31.3. The molecule has 4 unspecified atom stereocenters. The Bertz CT molecular complexity index is 1490.